The van der Waals surface area contributed by atoms with E-state index in [1.165, 1.54) is 6.07 Å². The summed E-state index contributed by atoms with van der Waals surface area (Å²) in [7, 11) is 0. The van der Waals surface area contributed by atoms with Crippen LogP contribution in [0.4, 0.5) is 8.78 Å². The van der Waals surface area contributed by atoms with Gasteiger partial charge >= 0.3 is 0 Å². The fraction of sp³-hybridized carbons (Fsp3) is 0.500. The number of benzene rings is 1. The molecule has 0 unspecified atom stereocenters. The van der Waals surface area contributed by atoms with E-state index < -0.39 is 11.6 Å². The molecule has 1 aromatic carbocycles. The van der Waals surface area contributed by atoms with Crippen molar-refractivity contribution in [3.63, 3.8) is 0 Å². The Kier molecular flexibility index (Phi) is 5.91. The van der Waals surface area contributed by atoms with Crippen molar-refractivity contribution >= 4 is 21.8 Å². The number of hydrogen-bond donors (Lipinski definition) is 1. The Bertz CT molecular complexity index is 429. The van der Waals surface area contributed by atoms with E-state index in [0.29, 0.717) is 6.54 Å². The second-order valence-corrected chi connectivity index (χ2v) is 6.05. The number of halogens is 3. The molecule has 0 radical (unpaired) electrons. The molecule has 1 aromatic rings. The van der Waals surface area contributed by atoms with Gasteiger partial charge in [-0.1, -0.05) is 35.8 Å². The predicted octanol–water partition coefficient (Wildman–Crippen LogP) is 3.43. The zero-order valence-corrected chi connectivity index (χ0v) is 12.7. The number of carbonyl (C=O) groups is 1. The quantitative estimate of drug-likeness (QED) is 0.794. The van der Waals surface area contributed by atoms with Gasteiger partial charge in [0.15, 0.2) is 0 Å². The van der Waals surface area contributed by atoms with E-state index in [1.54, 1.807) is 0 Å². The Morgan fingerprint density at radius 3 is 2.42 bits per heavy atom. The van der Waals surface area contributed by atoms with Crippen molar-refractivity contribution in [2.45, 2.75) is 26.7 Å². The van der Waals surface area contributed by atoms with Gasteiger partial charge in [0.2, 0.25) is 5.91 Å². The van der Waals surface area contributed by atoms with E-state index in [9.17, 15) is 13.6 Å². The molecular formula is C14H18BrF2NO. The molecule has 106 valence electrons. The fourth-order valence-corrected chi connectivity index (χ4v) is 2.68. The van der Waals surface area contributed by atoms with E-state index in [0.717, 1.165) is 23.9 Å². The first kappa shape index (κ1) is 16.1. The lowest BCUT2D eigenvalue weighted by atomic mass is 9.90. The Labute approximate surface area is 120 Å². The highest BCUT2D eigenvalue weighted by atomic mass is 79.9. The SMILES string of the molecule is CC(C)(CCBr)CNC(=O)Cc1c(F)cccc1F. The maximum absolute atomic E-state index is 13.4. The third-order valence-electron chi connectivity index (χ3n) is 2.93. The minimum absolute atomic E-state index is 0.0487. The highest BCUT2D eigenvalue weighted by Crippen LogP contribution is 2.20. The van der Waals surface area contributed by atoms with Crippen molar-refractivity contribution < 1.29 is 13.6 Å². The lowest BCUT2D eigenvalue weighted by Crippen LogP contribution is -2.35. The molecule has 0 heterocycles. The van der Waals surface area contributed by atoms with Crippen LogP contribution in [0.5, 0.6) is 0 Å². The van der Waals surface area contributed by atoms with E-state index >= 15 is 0 Å². The molecule has 0 spiro atoms. The molecule has 0 aromatic heterocycles. The van der Waals surface area contributed by atoms with Crippen molar-refractivity contribution in [3.8, 4) is 0 Å². The van der Waals surface area contributed by atoms with Gasteiger partial charge in [0.1, 0.15) is 11.6 Å². The summed E-state index contributed by atoms with van der Waals surface area (Å²) < 4.78 is 26.8. The maximum Gasteiger partial charge on any atom is 0.224 e. The van der Waals surface area contributed by atoms with Gasteiger partial charge in [-0.15, -0.1) is 0 Å². The molecule has 1 amide bonds. The molecule has 0 aliphatic rings. The predicted molar refractivity (Wildman–Crippen MR) is 75.3 cm³/mol. The van der Waals surface area contributed by atoms with Gasteiger partial charge < -0.3 is 5.32 Å². The van der Waals surface area contributed by atoms with Crippen LogP contribution < -0.4 is 5.32 Å². The summed E-state index contributed by atoms with van der Waals surface area (Å²) >= 11 is 3.35. The molecule has 0 fully saturated rings. The van der Waals surface area contributed by atoms with Crippen molar-refractivity contribution in [1.29, 1.82) is 0 Å². The molecule has 19 heavy (non-hydrogen) atoms. The lowest BCUT2D eigenvalue weighted by Gasteiger charge is -2.23. The summed E-state index contributed by atoms with van der Waals surface area (Å²) in [6.07, 6.45) is 0.629. The van der Waals surface area contributed by atoms with Crippen LogP contribution in [0.3, 0.4) is 0 Å². The smallest absolute Gasteiger partial charge is 0.224 e. The Morgan fingerprint density at radius 1 is 1.32 bits per heavy atom. The Hall–Kier alpha value is -0.970. The largest absolute Gasteiger partial charge is 0.355 e. The van der Waals surface area contributed by atoms with Crippen molar-refractivity contribution in [1.82, 2.24) is 5.32 Å². The van der Waals surface area contributed by atoms with Crippen molar-refractivity contribution in [3.05, 3.63) is 35.4 Å². The summed E-state index contributed by atoms with van der Waals surface area (Å²) in [5, 5.41) is 3.56. The molecular weight excluding hydrogens is 316 g/mol. The van der Waals surface area contributed by atoms with Crippen LogP contribution in [0.2, 0.25) is 0 Å². The van der Waals surface area contributed by atoms with Crippen LogP contribution in [0.1, 0.15) is 25.8 Å². The van der Waals surface area contributed by atoms with E-state index in [4.69, 9.17) is 0 Å². The highest BCUT2D eigenvalue weighted by molar-refractivity contribution is 9.09. The summed E-state index contributed by atoms with van der Waals surface area (Å²) in [6.45, 7) is 4.53. The first-order chi connectivity index (χ1) is 8.85. The van der Waals surface area contributed by atoms with Crippen molar-refractivity contribution in [2.75, 3.05) is 11.9 Å². The van der Waals surface area contributed by atoms with Crippen LogP contribution in [-0.2, 0) is 11.2 Å². The van der Waals surface area contributed by atoms with E-state index in [2.05, 4.69) is 21.2 Å². The first-order valence-electron chi connectivity index (χ1n) is 6.11. The van der Waals surface area contributed by atoms with Gasteiger partial charge in [-0.3, -0.25) is 4.79 Å². The normalized spacial score (nSPS) is 11.4. The fourth-order valence-electron chi connectivity index (χ4n) is 1.61. The van der Waals surface area contributed by atoms with Gasteiger partial charge in [0.25, 0.3) is 0 Å². The van der Waals surface area contributed by atoms with Gasteiger partial charge in [0.05, 0.1) is 6.42 Å². The van der Waals surface area contributed by atoms with Crippen LogP contribution in [0, 0.1) is 17.0 Å². The average molecular weight is 334 g/mol. The van der Waals surface area contributed by atoms with E-state index in [-0.39, 0.29) is 23.3 Å². The molecule has 1 N–H and O–H groups in total. The number of hydrogen-bond acceptors (Lipinski definition) is 1. The van der Waals surface area contributed by atoms with Gasteiger partial charge in [-0.25, -0.2) is 8.78 Å². The van der Waals surface area contributed by atoms with Gasteiger partial charge in [0, 0.05) is 17.4 Å². The minimum atomic E-state index is -0.685. The van der Waals surface area contributed by atoms with Crippen molar-refractivity contribution in [2.24, 2.45) is 5.41 Å². The molecule has 2 nitrogen and oxygen atoms in total. The Morgan fingerprint density at radius 2 is 1.89 bits per heavy atom. The summed E-state index contributed by atoms with van der Waals surface area (Å²) in [6, 6.07) is 3.59. The molecule has 0 bridgehead atoms. The molecule has 1 rings (SSSR count). The number of carbonyl (C=O) groups excluding carboxylic acids is 1. The molecule has 0 aliphatic carbocycles. The van der Waals surface area contributed by atoms with Crippen LogP contribution in [0.15, 0.2) is 18.2 Å². The molecule has 5 heteroatoms. The third kappa shape index (κ3) is 5.27. The van der Waals surface area contributed by atoms with Gasteiger partial charge in [-0.2, -0.15) is 0 Å². The number of nitrogens with one attached hydrogen (secondary N) is 1. The summed E-state index contributed by atoms with van der Waals surface area (Å²) in [4.78, 5) is 11.7. The van der Waals surface area contributed by atoms with E-state index in [1.807, 2.05) is 13.8 Å². The second kappa shape index (κ2) is 6.98. The zero-order valence-electron chi connectivity index (χ0n) is 11.1. The molecule has 0 saturated heterocycles. The first-order valence-corrected chi connectivity index (χ1v) is 7.23. The van der Waals surface area contributed by atoms with Crippen LogP contribution in [0.25, 0.3) is 0 Å². The second-order valence-electron chi connectivity index (χ2n) is 5.26. The number of alkyl halides is 1. The highest BCUT2D eigenvalue weighted by Gasteiger charge is 2.19. The van der Waals surface area contributed by atoms with Crippen LogP contribution in [-0.4, -0.2) is 17.8 Å². The molecule has 0 aliphatic heterocycles. The number of rotatable bonds is 6. The molecule has 0 atom stereocenters. The van der Waals surface area contributed by atoms with Gasteiger partial charge in [-0.05, 0) is 24.0 Å². The third-order valence-corrected chi connectivity index (χ3v) is 3.33. The zero-order chi connectivity index (χ0) is 14.5. The monoisotopic (exact) mass is 333 g/mol. The number of amides is 1. The average Bonchev–Trinajstić information content (AvgIpc) is 2.32. The summed E-state index contributed by atoms with van der Waals surface area (Å²) in [5.41, 5.74) is -0.231. The molecule has 0 saturated carbocycles. The lowest BCUT2D eigenvalue weighted by molar-refractivity contribution is -0.121. The minimum Gasteiger partial charge on any atom is -0.355 e. The topological polar surface area (TPSA) is 29.1 Å². The summed E-state index contributed by atoms with van der Waals surface area (Å²) in [5.74, 6) is -1.74. The standard InChI is InChI=1S/C14H18BrF2NO/c1-14(2,6-7-15)9-18-13(19)8-10-11(16)4-3-5-12(10)17/h3-5H,6-9H2,1-2H3,(H,18,19). The maximum atomic E-state index is 13.4. The van der Waals surface area contributed by atoms with Crippen LogP contribution >= 0.6 is 15.9 Å². The Balaban J connectivity index is 2.57.